The number of rotatable bonds is 7. The lowest BCUT2D eigenvalue weighted by Crippen LogP contribution is -2.56. The summed E-state index contributed by atoms with van der Waals surface area (Å²) >= 11 is 0. The smallest absolute Gasteiger partial charge is 0.410 e. The van der Waals surface area contributed by atoms with Crippen LogP contribution in [0.1, 0.15) is 48.9 Å². The quantitative estimate of drug-likeness (QED) is 0.447. The number of carboxylic acid groups (broad SMARTS) is 1. The number of carbonyl (C=O) groups excluding carboxylic acids is 2. The first kappa shape index (κ1) is 27.4. The van der Waals surface area contributed by atoms with Crippen LogP contribution in [-0.2, 0) is 32.0 Å². The number of benzene rings is 3. The van der Waals surface area contributed by atoms with Gasteiger partial charge >= 0.3 is 12.1 Å². The van der Waals surface area contributed by atoms with E-state index in [1.165, 1.54) is 4.90 Å². The molecule has 1 aliphatic heterocycles. The fraction of sp³-hybridized carbons (Fsp3) is 0.344. The van der Waals surface area contributed by atoms with Gasteiger partial charge in [0.1, 0.15) is 12.6 Å². The molecule has 8 heteroatoms. The Bertz CT molecular complexity index is 1380. The minimum atomic E-state index is -1.26. The first-order valence-corrected chi connectivity index (χ1v) is 13.5. The molecule has 2 aliphatic rings. The molecule has 40 heavy (non-hydrogen) atoms. The molecule has 0 radical (unpaired) electrons. The molecule has 0 spiro atoms. The zero-order valence-electron chi connectivity index (χ0n) is 22.9. The number of amides is 2. The highest BCUT2D eigenvalue weighted by Gasteiger charge is 2.38. The number of carbonyl (C=O) groups is 3. The molecule has 2 N–H and O–H groups in total. The Morgan fingerprint density at radius 3 is 2.10 bits per heavy atom. The van der Waals surface area contributed by atoms with Crippen molar-refractivity contribution in [2.75, 3.05) is 13.2 Å². The highest BCUT2D eigenvalue weighted by atomic mass is 16.6. The maximum absolute atomic E-state index is 13.6. The molecule has 2 amide bonds. The molecule has 208 valence electrons. The molecule has 0 fully saturated rings. The van der Waals surface area contributed by atoms with E-state index in [2.05, 4.69) is 17.4 Å². The molecule has 0 saturated heterocycles. The Kier molecular flexibility index (Phi) is 7.63. The van der Waals surface area contributed by atoms with Crippen molar-refractivity contribution in [2.24, 2.45) is 0 Å². The Morgan fingerprint density at radius 1 is 0.925 bits per heavy atom. The van der Waals surface area contributed by atoms with E-state index < -0.39 is 35.7 Å². The van der Waals surface area contributed by atoms with Gasteiger partial charge in [-0.3, -0.25) is 9.69 Å². The average Bonchev–Trinajstić information content (AvgIpc) is 3.26. The normalized spacial score (nSPS) is 16.9. The zero-order chi connectivity index (χ0) is 28.4. The molecule has 2 atom stereocenters. The molecule has 0 bridgehead atoms. The molecule has 8 nitrogen and oxygen atoms in total. The molecule has 1 heterocycles. The predicted octanol–water partition coefficient (Wildman–Crippen LogP) is 4.75. The standard InChI is InChI=1S/C32H34N2O6/c1-32(2,3)40-19-27(30(36)37)33-29(35)28-16-20-10-4-5-11-21(20)17-34(28)31(38)39-18-26-24-14-8-6-12-22(24)23-13-7-9-15-25(23)26/h4-15,26-28H,16-19H2,1-3H3,(H,33,35)(H,36,37)/t27-,28-/m0/s1. The Labute approximate surface area is 233 Å². The van der Waals surface area contributed by atoms with Crippen molar-refractivity contribution in [3.8, 4) is 11.1 Å². The number of fused-ring (bicyclic) bond motifs is 4. The summed E-state index contributed by atoms with van der Waals surface area (Å²) in [5.74, 6) is -1.89. The molecule has 0 unspecified atom stereocenters. The second kappa shape index (κ2) is 11.1. The topological polar surface area (TPSA) is 105 Å². The molecule has 0 saturated carbocycles. The molecular formula is C32H34N2O6. The van der Waals surface area contributed by atoms with Crippen molar-refractivity contribution < 1.29 is 29.0 Å². The Morgan fingerprint density at radius 2 is 1.50 bits per heavy atom. The van der Waals surface area contributed by atoms with Crippen LogP contribution in [0.3, 0.4) is 0 Å². The molecule has 1 aliphatic carbocycles. The number of ether oxygens (including phenoxy) is 2. The van der Waals surface area contributed by atoms with E-state index in [1.54, 1.807) is 0 Å². The average molecular weight is 543 g/mol. The lowest BCUT2D eigenvalue weighted by molar-refractivity contribution is -0.146. The third kappa shape index (κ3) is 5.72. The maximum Gasteiger partial charge on any atom is 0.410 e. The largest absolute Gasteiger partial charge is 0.480 e. The van der Waals surface area contributed by atoms with Gasteiger partial charge in [0.2, 0.25) is 5.91 Å². The van der Waals surface area contributed by atoms with Crippen LogP contribution >= 0.6 is 0 Å². The third-order valence-corrected chi connectivity index (χ3v) is 7.42. The molecule has 5 rings (SSSR count). The van der Waals surface area contributed by atoms with E-state index in [4.69, 9.17) is 9.47 Å². The van der Waals surface area contributed by atoms with Gasteiger partial charge in [-0.05, 0) is 54.2 Å². The van der Waals surface area contributed by atoms with Crippen LogP contribution in [0.2, 0.25) is 0 Å². The summed E-state index contributed by atoms with van der Waals surface area (Å²) in [6.07, 6.45) is -0.368. The molecule has 3 aromatic rings. The zero-order valence-corrected chi connectivity index (χ0v) is 22.9. The fourth-order valence-corrected chi connectivity index (χ4v) is 5.40. The highest BCUT2D eigenvalue weighted by Crippen LogP contribution is 2.44. The predicted molar refractivity (Wildman–Crippen MR) is 150 cm³/mol. The summed E-state index contributed by atoms with van der Waals surface area (Å²) in [4.78, 5) is 40.3. The number of hydrogen-bond donors (Lipinski definition) is 2. The summed E-state index contributed by atoms with van der Waals surface area (Å²) in [5.41, 5.74) is 5.72. The van der Waals surface area contributed by atoms with Gasteiger partial charge in [0.25, 0.3) is 0 Å². The van der Waals surface area contributed by atoms with E-state index >= 15 is 0 Å². The first-order valence-electron chi connectivity index (χ1n) is 13.5. The summed E-state index contributed by atoms with van der Waals surface area (Å²) in [6.45, 7) is 5.54. The van der Waals surface area contributed by atoms with Gasteiger partial charge in [-0.15, -0.1) is 0 Å². The van der Waals surface area contributed by atoms with Crippen LogP contribution in [0.4, 0.5) is 4.79 Å². The minimum Gasteiger partial charge on any atom is -0.480 e. The van der Waals surface area contributed by atoms with E-state index in [9.17, 15) is 19.5 Å². The van der Waals surface area contributed by atoms with Crippen molar-refractivity contribution >= 4 is 18.0 Å². The van der Waals surface area contributed by atoms with Gasteiger partial charge in [-0.2, -0.15) is 0 Å². The van der Waals surface area contributed by atoms with Crippen LogP contribution < -0.4 is 5.32 Å². The van der Waals surface area contributed by atoms with Gasteiger partial charge in [0.15, 0.2) is 6.04 Å². The van der Waals surface area contributed by atoms with Gasteiger partial charge in [-0.25, -0.2) is 9.59 Å². The maximum atomic E-state index is 13.6. The Hall–Kier alpha value is -4.17. The van der Waals surface area contributed by atoms with E-state index in [0.29, 0.717) is 0 Å². The number of hydrogen-bond acceptors (Lipinski definition) is 5. The SMILES string of the molecule is CC(C)(C)OC[C@H](NC(=O)[C@@H]1Cc2ccccc2CN1C(=O)OCC1c2ccccc2-c2ccccc21)C(=O)O. The minimum absolute atomic E-state index is 0.119. The van der Waals surface area contributed by atoms with Gasteiger partial charge in [-0.1, -0.05) is 72.8 Å². The summed E-state index contributed by atoms with van der Waals surface area (Å²) in [6, 6.07) is 21.6. The second-order valence-electron chi connectivity index (χ2n) is 11.2. The van der Waals surface area contributed by atoms with Gasteiger partial charge < -0.3 is 19.9 Å². The Balaban J connectivity index is 1.35. The lowest BCUT2D eigenvalue weighted by atomic mass is 9.93. The van der Waals surface area contributed by atoms with Crippen molar-refractivity contribution in [3.05, 3.63) is 95.1 Å². The lowest BCUT2D eigenvalue weighted by Gasteiger charge is -2.36. The fourth-order valence-electron chi connectivity index (χ4n) is 5.40. The summed E-state index contributed by atoms with van der Waals surface area (Å²) < 4.78 is 11.5. The van der Waals surface area contributed by atoms with E-state index in [-0.39, 0.29) is 32.1 Å². The van der Waals surface area contributed by atoms with Crippen LogP contribution in [0.5, 0.6) is 0 Å². The summed E-state index contributed by atoms with van der Waals surface area (Å²) in [7, 11) is 0. The number of nitrogens with one attached hydrogen (secondary N) is 1. The number of aliphatic carboxylic acids is 1. The highest BCUT2D eigenvalue weighted by molar-refractivity contribution is 5.90. The van der Waals surface area contributed by atoms with Crippen molar-refractivity contribution in [3.63, 3.8) is 0 Å². The van der Waals surface area contributed by atoms with Gasteiger partial charge in [0.05, 0.1) is 18.8 Å². The second-order valence-corrected chi connectivity index (χ2v) is 11.2. The van der Waals surface area contributed by atoms with Crippen molar-refractivity contribution in [2.45, 2.75) is 57.3 Å². The van der Waals surface area contributed by atoms with E-state index in [0.717, 1.165) is 33.4 Å². The number of nitrogens with zero attached hydrogens (tertiary/aromatic N) is 1. The van der Waals surface area contributed by atoms with Crippen LogP contribution in [0.25, 0.3) is 11.1 Å². The van der Waals surface area contributed by atoms with Gasteiger partial charge in [0, 0.05) is 12.3 Å². The molecule has 0 aromatic heterocycles. The summed E-state index contributed by atoms with van der Waals surface area (Å²) in [5, 5.41) is 12.3. The van der Waals surface area contributed by atoms with Crippen molar-refractivity contribution in [1.29, 1.82) is 0 Å². The van der Waals surface area contributed by atoms with Crippen LogP contribution in [0.15, 0.2) is 72.8 Å². The third-order valence-electron chi connectivity index (χ3n) is 7.42. The molecular weight excluding hydrogens is 508 g/mol. The van der Waals surface area contributed by atoms with E-state index in [1.807, 2.05) is 81.4 Å². The monoisotopic (exact) mass is 542 g/mol. The van der Waals surface area contributed by atoms with Crippen molar-refractivity contribution in [1.82, 2.24) is 10.2 Å². The first-order chi connectivity index (χ1) is 19.1. The number of carboxylic acids is 1. The van der Waals surface area contributed by atoms with Crippen LogP contribution in [0, 0.1) is 0 Å². The van der Waals surface area contributed by atoms with Crippen LogP contribution in [-0.4, -0.2) is 58.9 Å². The molecule has 3 aromatic carbocycles.